The molecule has 0 saturated heterocycles. The summed E-state index contributed by atoms with van der Waals surface area (Å²) in [5.74, 6) is 0.899. The van der Waals surface area contributed by atoms with E-state index in [-0.39, 0.29) is 0 Å². The highest BCUT2D eigenvalue weighted by Crippen LogP contribution is 2.28. The fourth-order valence-corrected chi connectivity index (χ4v) is 3.89. The van der Waals surface area contributed by atoms with E-state index in [0.29, 0.717) is 6.54 Å². The first kappa shape index (κ1) is 13.5. The van der Waals surface area contributed by atoms with Crippen LogP contribution in [0.4, 0.5) is 5.82 Å². The van der Waals surface area contributed by atoms with Gasteiger partial charge in [0.2, 0.25) is 0 Å². The zero-order chi connectivity index (χ0) is 14.1. The summed E-state index contributed by atoms with van der Waals surface area (Å²) in [5.41, 5.74) is 1.10. The largest absolute Gasteiger partial charge is 0.364 e. The molecule has 0 fully saturated rings. The number of anilines is 1. The van der Waals surface area contributed by atoms with Crippen LogP contribution < -0.4 is 5.32 Å². The molecule has 0 atom stereocenters. The number of fused-ring (bicyclic) bond motifs is 1. The minimum atomic E-state index is 0.708. The summed E-state index contributed by atoms with van der Waals surface area (Å²) in [5, 5.41) is 5.61. The molecule has 0 bridgehead atoms. The first-order valence-corrected chi connectivity index (χ1v) is 8.21. The van der Waals surface area contributed by atoms with Crippen molar-refractivity contribution < 1.29 is 0 Å². The molecule has 0 saturated carbocycles. The molecule has 4 nitrogen and oxygen atoms in total. The second-order valence-corrected chi connectivity index (χ2v) is 7.12. The maximum absolute atomic E-state index is 4.54. The van der Waals surface area contributed by atoms with E-state index in [1.165, 1.54) is 9.75 Å². The van der Waals surface area contributed by atoms with Gasteiger partial charge in [0, 0.05) is 9.75 Å². The molecule has 0 unspecified atom stereocenters. The van der Waals surface area contributed by atoms with Crippen LogP contribution in [0.1, 0.15) is 27.4 Å². The topological polar surface area (TPSA) is 50.7 Å². The number of nitrogens with zero attached hydrogens (tertiary/aromatic N) is 3. The van der Waals surface area contributed by atoms with Crippen molar-refractivity contribution in [3.8, 4) is 0 Å². The Morgan fingerprint density at radius 3 is 2.75 bits per heavy atom. The number of aryl methyl sites for hydroxylation is 3. The predicted molar refractivity (Wildman–Crippen MR) is 85.7 cm³/mol. The minimum Gasteiger partial charge on any atom is -0.364 e. The Bertz CT molecular complexity index is 745. The van der Waals surface area contributed by atoms with Crippen molar-refractivity contribution in [2.45, 2.75) is 33.7 Å². The highest BCUT2D eigenvalue weighted by atomic mass is 32.1. The van der Waals surface area contributed by atoms with Gasteiger partial charge in [-0.2, -0.15) is 0 Å². The van der Waals surface area contributed by atoms with Crippen LogP contribution in [0.3, 0.4) is 0 Å². The van der Waals surface area contributed by atoms with E-state index in [1.54, 1.807) is 29.0 Å². The van der Waals surface area contributed by atoms with Crippen molar-refractivity contribution in [1.29, 1.82) is 0 Å². The monoisotopic (exact) mass is 304 g/mol. The zero-order valence-electron chi connectivity index (χ0n) is 11.7. The zero-order valence-corrected chi connectivity index (χ0v) is 13.4. The molecule has 3 heterocycles. The molecule has 0 aromatic carbocycles. The van der Waals surface area contributed by atoms with Crippen LogP contribution in [0.15, 0.2) is 12.4 Å². The van der Waals surface area contributed by atoms with Gasteiger partial charge in [0.1, 0.15) is 17.0 Å². The van der Waals surface area contributed by atoms with Crippen LogP contribution in [0.5, 0.6) is 0 Å². The lowest BCUT2D eigenvalue weighted by molar-refractivity contribution is 1.02. The molecule has 0 amide bonds. The Hall–Kier alpha value is -1.53. The van der Waals surface area contributed by atoms with Crippen LogP contribution in [0, 0.1) is 13.8 Å². The van der Waals surface area contributed by atoms with Crippen LogP contribution in [-0.2, 0) is 13.0 Å². The lowest BCUT2D eigenvalue weighted by Crippen LogP contribution is -2.03. The summed E-state index contributed by atoms with van der Waals surface area (Å²) < 4.78 is 0. The Morgan fingerprint density at radius 2 is 2.05 bits per heavy atom. The third-order valence-electron chi connectivity index (χ3n) is 3.15. The number of thiazole rings is 1. The molecular formula is C14H16N4S2. The number of hydrogen-bond acceptors (Lipinski definition) is 6. The van der Waals surface area contributed by atoms with E-state index in [0.717, 1.165) is 33.2 Å². The lowest BCUT2D eigenvalue weighted by atomic mass is 10.3. The maximum Gasteiger partial charge on any atom is 0.138 e. The highest BCUT2D eigenvalue weighted by Gasteiger charge is 2.09. The summed E-state index contributed by atoms with van der Waals surface area (Å²) in [6.45, 7) is 7.01. The number of hydrogen-bond donors (Lipinski definition) is 1. The molecule has 3 aromatic heterocycles. The van der Waals surface area contributed by atoms with E-state index in [4.69, 9.17) is 0 Å². The molecule has 0 aliphatic heterocycles. The Kier molecular flexibility index (Phi) is 3.67. The molecule has 0 spiro atoms. The summed E-state index contributed by atoms with van der Waals surface area (Å²) in [6.07, 6.45) is 2.66. The van der Waals surface area contributed by atoms with E-state index in [1.807, 2.05) is 6.92 Å². The molecule has 0 aliphatic rings. The average molecular weight is 304 g/mol. The number of thiophene rings is 1. The molecule has 0 radical (unpaired) electrons. The highest BCUT2D eigenvalue weighted by molar-refractivity contribution is 7.18. The van der Waals surface area contributed by atoms with Crippen molar-refractivity contribution >= 4 is 38.7 Å². The van der Waals surface area contributed by atoms with Gasteiger partial charge in [-0.3, -0.25) is 0 Å². The van der Waals surface area contributed by atoms with Crippen molar-refractivity contribution in [1.82, 2.24) is 15.0 Å². The molecule has 3 aromatic rings. The first-order valence-electron chi connectivity index (χ1n) is 6.57. The second-order valence-electron chi connectivity index (χ2n) is 4.60. The fourth-order valence-electron chi connectivity index (χ4n) is 2.12. The normalized spacial score (nSPS) is 11.2. The summed E-state index contributed by atoms with van der Waals surface area (Å²) in [6, 6.07) is 2.18. The van der Waals surface area contributed by atoms with Crippen LogP contribution >= 0.6 is 22.7 Å². The molecule has 104 valence electrons. The van der Waals surface area contributed by atoms with E-state index < -0.39 is 0 Å². The molecule has 20 heavy (non-hydrogen) atoms. The van der Waals surface area contributed by atoms with Crippen molar-refractivity contribution in [2.75, 3.05) is 5.32 Å². The van der Waals surface area contributed by atoms with Gasteiger partial charge in [-0.15, -0.1) is 22.7 Å². The van der Waals surface area contributed by atoms with Gasteiger partial charge in [0.25, 0.3) is 0 Å². The summed E-state index contributed by atoms with van der Waals surface area (Å²) >= 11 is 3.47. The predicted octanol–water partition coefficient (Wildman–Crippen LogP) is 3.94. The summed E-state index contributed by atoms with van der Waals surface area (Å²) in [4.78, 5) is 16.9. The lowest BCUT2D eigenvalue weighted by Gasteiger charge is -2.05. The molecule has 6 heteroatoms. The van der Waals surface area contributed by atoms with E-state index >= 15 is 0 Å². The fraction of sp³-hybridized carbons (Fsp3) is 0.357. The molecular weight excluding hydrogens is 288 g/mol. The van der Waals surface area contributed by atoms with Gasteiger partial charge in [0.15, 0.2) is 0 Å². The average Bonchev–Trinajstić information content (AvgIpc) is 2.99. The van der Waals surface area contributed by atoms with Gasteiger partial charge in [-0.25, -0.2) is 15.0 Å². The number of aromatic nitrogens is 3. The standard InChI is InChI=1S/C14H16N4S2/c1-4-10-5-11-13(16-7-17-14(11)20-10)15-6-12-8(2)19-9(3)18-12/h5,7H,4,6H2,1-3H3,(H,15,16,17). The van der Waals surface area contributed by atoms with E-state index in [9.17, 15) is 0 Å². The molecule has 1 N–H and O–H groups in total. The van der Waals surface area contributed by atoms with Crippen molar-refractivity contribution in [3.63, 3.8) is 0 Å². The van der Waals surface area contributed by atoms with E-state index in [2.05, 4.69) is 40.2 Å². The van der Waals surface area contributed by atoms with Gasteiger partial charge in [-0.05, 0) is 26.3 Å². The quantitative estimate of drug-likeness (QED) is 0.793. The Labute approximate surface area is 125 Å². The second kappa shape index (κ2) is 5.46. The van der Waals surface area contributed by atoms with Crippen LogP contribution in [0.25, 0.3) is 10.2 Å². The third-order valence-corrected chi connectivity index (χ3v) is 5.27. The maximum atomic E-state index is 4.54. The third kappa shape index (κ3) is 2.53. The van der Waals surface area contributed by atoms with Gasteiger partial charge < -0.3 is 5.32 Å². The van der Waals surface area contributed by atoms with Gasteiger partial charge >= 0.3 is 0 Å². The Balaban J connectivity index is 1.87. The number of rotatable bonds is 4. The first-order chi connectivity index (χ1) is 9.67. The Morgan fingerprint density at radius 1 is 1.20 bits per heavy atom. The molecule has 3 rings (SSSR count). The number of nitrogens with one attached hydrogen (secondary N) is 1. The SMILES string of the molecule is CCc1cc2c(NCc3nc(C)sc3C)ncnc2s1. The minimum absolute atomic E-state index is 0.708. The summed E-state index contributed by atoms with van der Waals surface area (Å²) in [7, 11) is 0. The van der Waals surface area contributed by atoms with Crippen LogP contribution in [0.2, 0.25) is 0 Å². The molecule has 0 aliphatic carbocycles. The van der Waals surface area contributed by atoms with Gasteiger partial charge in [0.05, 0.1) is 22.6 Å². The van der Waals surface area contributed by atoms with Crippen LogP contribution in [-0.4, -0.2) is 15.0 Å². The smallest absolute Gasteiger partial charge is 0.138 e. The van der Waals surface area contributed by atoms with Crippen molar-refractivity contribution in [2.24, 2.45) is 0 Å². The van der Waals surface area contributed by atoms with Gasteiger partial charge in [-0.1, -0.05) is 6.92 Å². The van der Waals surface area contributed by atoms with Crippen molar-refractivity contribution in [3.05, 3.63) is 32.8 Å².